The Morgan fingerprint density at radius 2 is 1.59 bits per heavy atom. The number of aryl methyl sites for hydroxylation is 1. The zero-order valence-electron chi connectivity index (χ0n) is 19.0. The minimum atomic E-state index is -1.27. The summed E-state index contributed by atoms with van der Waals surface area (Å²) in [5, 5.41) is 11.8. The predicted octanol–water partition coefficient (Wildman–Crippen LogP) is 4.34. The van der Waals surface area contributed by atoms with Crippen LogP contribution in [0.5, 0.6) is 0 Å². The molecule has 0 aliphatic heterocycles. The van der Waals surface area contributed by atoms with E-state index < -0.39 is 30.4 Å². The Hall–Kier alpha value is -4.13. The van der Waals surface area contributed by atoms with Crippen LogP contribution in [0.25, 0.3) is 11.1 Å². The molecule has 1 atom stereocenters. The number of fused-ring (bicyclic) bond motifs is 3. The number of alkyl carbamates (subject to hydrolysis) is 1. The molecule has 2 amide bonds. The minimum Gasteiger partial charge on any atom is -0.481 e. The van der Waals surface area contributed by atoms with E-state index in [-0.39, 0.29) is 12.5 Å². The van der Waals surface area contributed by atoms with Gasteiger partial charge in [0.25, 0.3) is 0 Å². The lowest BCUT2D eigenvalue weighted by molar-refractivity contribution is -0.139. The molecule has 2 N–H and O–H groups in total. The summed E-state index contributed by atoms with van der Waals surface area (Å²) in [5.41, 5.74) is 5.89. The van der Waals surface area contributed by atoms with Crippen LogP contribution < -0.4 is 10.2 Å². The molecule has 0 aromatic heterocycles. The number of aliphatic carboxylic acids is 1. The summed E-state index contributed by atoms with van der Waals surface area (Å²) in [5.74, 6) is -1.88. The van der Waals surface area contributed by atoms with Crippen LogP contribution in [0.1, 0.15) is 29.0 Å². The van der Waals surface area contributed by atoms with Gasteiger partial charge in [-0.05, 0) is 46.9 Å². The number of ether oxygens (including phenoxy) is 1. The van der Waals surface area contributed by atoms with Crippen LogP contribution in [0, 0.1) is 6.92 Å². The van der Waals surface area contributed by atoms with Gasteiger partial charge in [-0.25, -0.2) is 4.79 Å². The molecular weight excluding hydrogens is 432 g/mol. The van der Waals surface area contributed by atoms with E-state index >= 15 is 0 Å². The number of amides is 2. The number of rotatable bonds is 7. The van der Waals surface area contributed by atoms with Gasteiger partial charge < -0.3 is 20.1 Å². The van der Waals surface area contributed by atoms with E-state index in [9.17, 15) is 19.5 Å². The number of benzene rings is 3. The predicted molar refractivity (Wildman–Crippen MR) is 129 cm³/mol. The van der Waals surface area contributed by atoms with Crippen molar-refractivity contribution in [3.8, 4) is 11.1 Å². The van der Waals surface area contributed by atoms with E-state index in [4.69, 9.17) is 4.74 Å². The molecule has 34 heavy (non-hydrogen) atoms. The van der Waals surface area contributed by atoms with Gasteiger partial charge in [0.15, 0.2) is 0 Å². The van der Waals surface area contributed by atoms with Crippen molar-refractivity contribution in [2.45, 2.75) is 25.3 Å². The zero-order valence-corrected chi connectivity index (χ0v) is 19.0. The number of carboxylic acid groups (broad SMARTS) is 1. The number of hydrogen-bond donors (Lipinski definition) is 2. The lowest BCUT2D eigenvalue weighted by atomic mass is 9.98. The lowest BCUT2D eigenvalue weighted by Gasteiger charge is -2.24. The van der Waals surface area contributed by atoms with E-state index in [0.29, 0.717) is 5.69 Å². The number of carboxylic acids is 1. The van der Waals surface area contributed by atoms with Gasteiger partial charge in [0.2, 0.25) is 5.91 Å². The second kappa shape index (κ2) is 9.79. The molecule has 0 saturated carbocycles. The number of anilines is 1. The second-order valence-corrected chi connectivity index (χ2v) is 8.36. The molecule has 0 bridgehead atoms. The van der Waals surface area contributed by atoms with Crippen molar-refractivity contribution in [2.75, 3.05) is 18.6 Å². The van der Waals surface area contributed by atoms with Crippen LogP contribution in [-0.4, -0.2) is 42.8 Å². The third-order valence-corrected chi connectivity index (χ3v) is 6.03. The lowest BCUT2D eigenvalue weighted by Crippen LogP contribution is -2.49. The number of nitrogens with one attached hydrogen (secondary N) is 1. The Bertz CT molecular complexity index is 1190. The maximum atomic E-state index is 13.0. The van der Waals surface area contributed by atoms with Crippen molar-refractivity contribution >= 4 is 23.7 Å². The fourth-order valence-corrected chi connectivity index (χ4v) is 4.35. The molecule has 0 fully saturated rings. The largest absolute Gasteiger partial charge is 0.481 e. The van der Waals surface area contributed by atoms with Gasteiger partial charge in [0.1, 0.15) is 12.6 Å². The van der Waals surface area contributed by atoms with E-state index in [0.717, 1.165) is 27.8 Å². The number of carbonyl (C=O) groups excluding carboxylic acids is 2. The maximum Gasteiger partial charge on any atom is 0.407 e. The summed E-state index contributed by atoms with van der Waals surface area (Å²) in [6.07, 6.45) is -1.39. The highest BCUT2D eigenvalue weighted by Crippen LogP contribution is 2.44. The van der Waals surface area contributed by atoms with Gasteiger partial charge in [-0.15, -0.1) is 0 Å². The molecule has 0 saturated heterocycles. The van der Waals surface area contributed by atoms with Gasteiger partial charge in [0.05, 0.1) is 6.42 Å². The Balaban J connectivity index is 1.46. The molecule has 3 aromatic carbocycles. The highest BCUT2D eigenvalue weighted by atomic mass is 16.5. The molecule has 174 valence electrons. The van der Waals surface area contributed by atoms with Gasteiger partial charge in [-0.3, -0.25) is 9.59 Å². The smallest absolute Gasteiger partial charge is 0.407 e. The molecule has 7 nitrogen and oxygen atoms in total. The van der Waals surface area contributed by atoms with Crippen molar-refractivity contribution in [3.63, 3.8) is 0 Å². The van der Waals surface area contributed by atoms with Crippen molar-refractivity contribution in [1.29, 1.82) is 0 Å². The molecule has 4 rings (SSSR count). The van der Waals surface area contributed by atoms with Crippen LogP contribution in [-0.2, 0) is 14.3 Å². The topological polar surface area (TPSA) is 95.9 Å². The number of carbonyl (C=O) groups is 3. The van der Waals surface area contributed by atoms with Gasteiger partial charge >= 0.3 is 12.1 Å². The standard InChI is InChI=1S/C27H26N2O5/c1-17-8-7-9-18(14-17)29(2)26(32)24(15-25(30)31)28-27(33)34-16-23-21-12-5-3-10-19(21)20-11-4-6-13-22(20)23/h3-14,23-24H,15-16H2,1-2H3,(H,28,33)(H,30,31). The summed E-state index contributed by atoms with van der Waals surface area (Å²) < 4.78 is 5.49. The Morgan fingerprint density at radius 3 is 2.18 bits per heavy atom. The van der Waals surface area contributed by atoms with Crippen LogP contribution in [0.15, 0.2) is 72.8 Å². The molecule has 0 radical (unpaired) electrons. The average molecular weight is 459 g/mol. The quantitative estimate of drug-likeness (QED) is 0.549. The van der Waals surface area contributed by atoms with Crippen LogP contribution in [0.4, 0.5) is 10.5 Å². The van der Waals surface area contributed by atoms with Crippen LogP contribution in [0.3, 0.4) is 0 Å². The molecule has 3 aromatic rings. The molecule has 7 heteroatoms. The Labute approximate surface area is 198 Å². The molecule has 1 aliphatic carbocycles. The summed E-state index contributed by atoms with van der Waals surface area (Å²) in [6, 6.07) is 21.9. The van der Waals surface area contributed by atoms with Crippen molar-refractivity contribution < 1.29 is 24.2 Å². The van der Waals surface area contributed by atoms with E-state index in [1.54, 1.807) is 19.2 Å². The molecule has 1 aliphatic rings. The molecular formula is C27H26N2O5. The van der Waals surface area contributed by atoms with Gasteiger partial charge in [-0.1, -0.05) is 60.7 Å². The van der Waals surface area contributed by atoms with Gasteiger partial charge in [0, 0.05) is 18.7 Å². The maximum absolute atomic E-state index is 13.0. The van der Waals surface area contributed by atoms with Crippen molar-refractivity contribution in [2.24, 2.45) is 0 Å². The fraction of sp³-hybridized carbons (Fsp3) is 0.222. The molecule has 0 spiro atoms. The van der Waals surface area contributed by atoms with Crippen LogP contribution >= 0.6 is 0 Å². The highest BCUT2D eigenvalue weighted by molar-refractivity contribution is 6.00. The monoisotopic (exact) mass is 458 g/mol. The summed E-state index contributed by atoms with van der Waals surface area (Å²) >= 11 is 0. The number of likely N-dealkylation sites (N-methyl/N-ethyl adjacent to an activating group) is 1. The fourth-order valence-electron chi connectivity index (χ4n) is 4.35. The summed E-state index contributed by atoms with van der Waals surface area (Å²) in [4.78, 5) is 38.4. The third kappa shape index (κ3) is 4.78. The van der Waals surface area contributed by atoms with E-state index in [1.807, 2.05) is 67.6 Å². The van der Waals surface area contributed by atoms with E-state index in [1.165, 1.54) is 4.90 Å². The Kier molecular flexibility index (Phi) is 6.63. The third-order valence-electron chi connectivity index (χ3n) is 6.03. The minimum absolute atomic E-state index is 0.0710. The first kappa shape index (κ1) is 23.0. The van der Waals surface area contributed by atoms with Crippen LogP contribution in [0.2, 0.25) is 0 Å². The first-order chi connectivity index (χ1) is 16.3. The zero-order chi connectivity index (χ0) is 24.2. The number of hydrogen-bond acceptors (Lipinski definition) is 4. The van der Waals surface area contributed by atoms with Crippen molar-refractivity contribution in [1.82, 2.24) is 5.32 Å². The highest BCUT2D eigenvalue weighted by Gasteiger charge is 2.31. The SMILES string of the molecule is Cc1cccc(N(C)C(=O)C(CC(=O)O)NC(=O)OCC2c3ccccc3-c3ccccc32)c1. The molecule has 0 heterocycles. The second-order valence-electron chi connectivity index (χ2n) is 8.36. The van der Waals surface area contributed by atoms with Crippen molar-refractivity contribution in [3.05, 3.63) is 89.5 Å². The average Bonchev–Trinajstić information content (AvgIpc) is 3.15. The number of nitrogens with zero attached hydrogens (tertiary/aromatic N) is 1. The first-order valence-corrected chi connectivity index (χ1v) is 11.0. The summed E-state index contributed by atoms with van der Waals surface area (Å²) in [6.45, 7) is 1.97. The Morgan fingerprint density at radius 1 is 0.971 bits per heavy atom. The normalized spacial score (nSPS) is 12.9. The first-order valence-electron chi connectivity index (χ1n) is 11.0. The van der Waals surface area contributed by atoms with Gasteiger partial charge in [-0.2, -0.15) is 0 Å². The molecule has 1 unspecified atom stereocenters. The summed E-state index contributed by atoms with van der Waals surface area (Å²) in [7, 11) is 1.55. The van der Waals surface area contributed by atoms with E-state index in [2.05, 4.69) is 5.32 Å².